The third-order valence-corrected chi connectivity index (χ3v) is 5.99. The molecule has 0 aliphatic heterocycles. The van der Waals surface area contributed by atoms with Crippen molar-refractivity contribution in [3.63, 3.8) is 0 Å². The van der Waals surface area contributed by atoms with Crippen molar-refractivity contribution in [2.45, 2.75) is 59.7 Å². The standard InChI is InChI=1S/C21H19ClF6N4O2S/c22-17(23)19(34)32(14-1-3-15(4-2-14)35-21(26,27)28)16(12-9-29-11-30-10-12)18(33)31-13-5-7-20(24,25)8-6-13/h1-4,9-11,13,16-17H,5-8H2,(H,31,33)/t16-,17+/m1/s1/i16D. The fourth-order valence-corrected chi connectivity index (χ4v) is 4.12. The number of nitrogens with zero attached hydrogens (tertiary/aromatic N) is 3. The smallest absolute Gasteiger partial charge is 0.351 e. The molecule has 0 radical (unpaired) electrons. The summed E-state index contributed by atoms with van der Waals surface area (Å²) in [6.45, 7) is 0. The third kappa shape index (κ3) is 7.47. The summed E-state index contributed by atoms with van der Waals surface area (Å²) in [6.07, 6.45) is 1.87. The van der Waals surface area contributed by atoms with E-state index in [1.165, 1.54) is 0 Å². The van der Waals surface area contributed by atoms with E-state index < -0.39 is 65.5 Å². The van der Waals surface area contributed by atoms with Crippen molar-refractivity contribution in [2.75, 3.05) is 4.90 Å². The first kappa shape index (κ1) is 25.5. The number of aromatic nitrogens is 2. The van der Waals surface area contributed by atoms with Crippen molar-refractivity contribution in [1.29, 1.82) is 0 Å². The van der Waals surface area contributed by atoms with E-state index in [-0.39, 0.29) is 29.0 Å². The normalized spacial score (nSPS) is 19.2. The molecule has 1 saturated carbocycles. The maximum atomic E-state index is 14.1. The van der Waals surface area contributed by atoms with Gasteiger partial charge in [0, 0.05) is 47.4 Å². The average Bonchev–Trinajstić information content (AvgIpc) is 2.81. The molecule has 0 unspecified atom stereocenters. The Kier molecular flexibility index (Phi) is 8.05. The minimum atomic E-state index is -4.60. The van der Waals surface area contributed by atoms with Gasteiger partial charge in [-0.05, 0) is 48.9 Å². The van der Waals surface area contributed by atoms with Crippen LogP contribution in [0.25, 0.3) is 0 Å². The van der Waals surface area contributed by atoms with Gasteiger partial charge in [0.1, 0.15) is 12.3 Å². The number of thioether (sulfide) groups is 1. The van der Waals surface area contributed by atoms with Gasteiger partial charge in [-0.2, -0.15) is 13.2 Å². The first-order valence-electron chi connectivity index (χ1n) is 10.7. The van der Waals surface area contributed by atoms with Gasteiger partial charge in [-0.15, -0.1) is 0 Å². The van der Waals surface area contributed by atoms with Gasteiger partial charge in [-0.1, -0.05) is 11.6 Å². The summed E-state index contributed by atoms with van der Waals surface area (Å²) in [5, 5.41) is 2.45. The highest BCUT2D eigenvalue weighted by Crippen LogP contribution is 2.39. The Labute approximate surface area is 206 Å². The van der Waals surface area contributed by atoms with Gasteiger partial charge in [0.15, 0.2) is 0 Å². The molecule has 35 heavy (non-hydrogen) atoms. The number of carbonyl (C=O) groups excluding carboxylic acids is 2. The van der Waals surface area contributed by atoms with Crippen LogP contribution in [0, 0.1) is 0 Å². The molecule has 1 aromatic carbocycles. The minimum absolute atomic E-state index is 0.112. The molecule has 0 bridgehead atoms. The number of carbonyl (C=O) groups is 2. The number of benzene rings is 1. The molecule has 6 nitrogen and oxygen atoms in total. The Hall–Kier alpha value is -2.54. The van der Waals surface area contributed by atoms with Crippen LogP contribution in [-0.4, -0.2) is 44.9 Å². The highest BCUT2D eigenvalue weighted by molar-refractivity contribution is 8.00. The van der Waals surface area contributed by atoms with Gasteiger partial charge >= 0.3 is 5.51 Å². The highest BCUT2D eigenvalue weighted by atomic mass is 35.5. The van der Waals surface area contributed by atoms with Crippen LogP contribution in [0.1, 0.15) is 38.6 Å². The Morgan fingerprint density at radius 3 is 2.26 bits per heavy atom. The number of rotatable bonds is 7. The number of halogens is 7. The van der Waals surface area contributed by atoms with Crippen molar-refractivity contribution >= 4 is 40.9 Å². The molecule has 0 saturated heterocycles. The summed E-state index contributed by atoms with van der Waals surface area (Å²) < 4.78 is 88.3. The molecular formula is C21H19ClF6N4O2S. The number of hydrogen-bond acceptors (Lipinski definition) is 5. The van der Waals surface area contributed by atoms with E-state index in [4.69, 9.17) is 13.0 Å². The van der Waals surface area contributed by atoms with Crippen molar-refractivity contribution in [2.24, 2.45) is 0 Å². The van der Waals surface area contributed by atoms with Crippen molar-refractivity contribution < 1.29 is 37.3 Å². The van der Waals surface area contributed by atoms with E-state index in [0.717, 1.165) is 43.0 Å². The first-order chi connectivity index (χ1) is 16.7. The second-order valence-electron chi connectivity index (χ2n) is 7.60. The number of alkyl halides is 7. The summed E-state index contributed by atoms with van der Waals surface area (Å²) >= 11 is 4.93. The van der Waals surface area contributed by atoms with Gasteiger partial charge in [0.25, 0.3) is 11.5 Å². The monoisotopic (exact) mass is 541 g/mol. The summed E-state index contributed by atoms with van der Waals surface area (Å²) in [7, 11) is 0. The van der Waals surface area contributed by atoms with Crippen LogP contribution in [-0.2, 0) is 9.59 Å². The van der Waals surface area contributed by atoms with E-state index in [2.05, 4.69) is 15.3 Å². The van der Waals surface area contributed by atoms with Crippen LogP contribution < -0.4 is 10.2 Å². The van der Waals surface area contributed by atoms with E-state index in [0.29, 0.717) is 4.90 Å². The van der Waals surface area contributed by atoms with Crippen LogP contribution >= 0.6 is 23.4 Å². The second kappa shape index (κ2) is 11.0. The van der Waals surface area contributed by atoms with Crippen LogP contribution in [0.5, 0.6) is 0 Å². The Morgan fingerprint density at radius 2 is 1.74 bits per heavy atom. The first-order valence-corrected chi connectivity index (χ1v) is 11.4. The fraction of sp³-hybridized carbons (Fsp3) is 0.429. The van der Waals surface area contributed by atoms with Crippen LogP contribution in [0.4, 0.5) is 32.0 Å². The van der Waals surface area contributed by atoms with E-state index >= 15 is 0 Å². The molecule has 2 atom stereocenters. The Balaban J connectivity index is 2.04. The highest BCUT2D eigenvalue weighted by Gasteiger charge is 2.40. The molecule has 1 N–H and O–H groups in total. The second-order valence-corrected chi connectivity index (χ2v) is 9.12. The zero-order valence-corrected chi connectivity index (χ0v) is 19.3. The van der Waals surface area contributed by atoms with Gasteiger partial charge < -0.3 is 5.32 Å². The molecule has 1 aromatic heterocycles. The zero-order valence-electron chi connectivity index (χ0n) is 18.7. The summed E-state index contributed by atoms with van der Waals surface area (Å²) in [5.74, 6) is -5.64. The lowest BCUT2D eigenvalue weighted by atomic mass is 9.92. The van der Waals surface area contributed by atoms with Crippen molar-refractivity contribution in [3.8, 4) is 0 Å². The predicted octanol–water partition coefficient (Wildman–Crippen LogP) is 5.39. The Morgan fingerprint density at radius 1 is 1.17 bits per heavy atom. The predicted molar refractivity (Wildman–Crippen MR) is 117 cm³/mol. The number of anilines is 1. The van der Waals surface area contributed by atoms with Crippen LogP contribution in [0.3, 0.4) is 0 Å². The van der Waals surface area contributed by atoms with Crippen molar-refractivity contribution in [3.05, 3.63) is 48.5 Å². The molecule has 1 aliphatic carbocycles. The molecule has 14 heteroatoms. The molecule has 1 fully saturated rings. The topological polar surface area (TPSA) is 75.2 Å². The fourth-order valence-electron chi connectivity index (χ4n) is 3.48. The summed E-state index contributed by atoms with van der Waals surface area (Å²) in [4.78, 5) is 33.9. The largest absolute Gasteiger partial charge is 0.446 e. The minimum Gasteiger partial charge on any atom is -0.351 e. The maximum Gasteiger partial charge on any atom is 0.446 e. The molecule has 3 rings (SSSR count). The number of nitrogens with one attached hydrogen (secondary N) is 1. The molecule has 190 valence electrons. The molecule has 0 spiro atoms. The van der Waals surface area contributed by atoms with Gasteiger partial charge in [0.05, 0.1) is 1.37 Å². The zero-order chi connectivity index (χ0) is 26.7. The van der Waals surface area contributed by atoms with Gasteiger partial charge in [0.2, 0.25) is 11.8 Å². The Bertz CT molecular complexity index is 1070. The lowest BCUT2D eigenvalue weighted by Gasteiger charge is -2.34. The van der Waals surface area contributed by atoms with E-state index in [1.54, 1.807) is 0 Å². The molecule has 2 aromatic rings. The molecule has 1 heterocycles. The summed E-state index contributed by atoms with van der Waals surface area (Å²) in [6, 6.07) is 0.359. The van der Waals surface area contributed by atoms with E-state index in [1.807, 2.05) is 0 Å². The van der Waals surface area contributed by atoms with Crippen molar-refractivity contribution in [1.82, 2.24) is 15.3 Å². The van der Waals surface area contributed by atoms with Gasteiger partial charge in [-0.25, -0.2) is 23.1 Å². The lowest BCUT2D eigenvalue weighted by molar-refractivity contribution is -0.128. The third-order valence-electron chi connectivity index (χ3n) is 5.06. The molecule has 1 aliphatic rings. The van der Waals surface area contributed by atoms with E-state index in [9.17, 15) is 35.9 Å². The quantitative estimate of drug-likeness (QED) is 0.289. The maximum absolute atomic E-state index is 14.1. The number of hydrogen-bond donors (Lipinski definition) is 1. The summed E-state index contributed by atoms with van der Waals surface area (Å²) in [5.41, 5.74) is -7.96. The van der Waals surface area contributed by atoms with Gasteiger partial charge in [-0.3, -0.25) is 14.5 Å². The molecule has 2 amide bonds. The molecular weight excluding hydrogens is 522 g/mol. The number of amides is 2. The average molecular weight is 542 g/mol. The lowest BCUT2D eigenvalue weighted by Crippen LogP contribution is -2.49. The SMILES string of the molecule is [2H][C@](C(=O)NC1CCC(F)(F)CC1)(c1cncnc1)N(C(=O)[C@H](F)Cl)c1ccc(SC(F)(F)F)cc1. The van der Waals surface area contributed by atoms with Crippen LogP contribution in [0.2, 0.25) is 0 Å². The van der Waals surface area contributed by atoms with Crippen LogP contribution in [0.15, 0.2) is 47.9 Å².